The highest BCUT2D eigenvalue weighted by atomic mass is 32.2. The van der Waals surface area contributed by atoms with E-state index in [9.17, 15) is 8.42 Å². The van der Waals surface area contributed by atoms with Crippen LogP contribution in [0.3, 0.4) is 0 Å². The topological polar surface area (TPSA) is 49.4 Å². The van der Waals surface area contributed by atoms with Crippen molar-refractivity contribution in [2.45, 2.75) is 37.5 Å². The zero-order valence-corrected chi connectivity index (χ0v) is 12.7. The van der Waals surface area contributed by atoms with Gasteiger partial charge < -0.3 is 5.32 Å². The highest BCUT2D eigenvalue weighted by Gasteiger charge is 2.29. The van der Waals surface area contributed by atoms with Crippen LogP contribution in [0, 0.1) is 5.92 Å². The summed E-state index contributed by atoms with van der Waals surface area (Å²) >= 11 is 0. The fourth-order valence-corrected chi connectivity index (χ4v) is 4.74. The summed E-state index contributed by atoms with van der Waals surface area (Å²) in [5, 5.41) is 3.30. The molecule has 2 aliphatic heterocycles. The molecule has 3 rings (SSSR count). The van der Waals surface area contributed by atoms with Crippen molar-refractivity contribution in [1.82, 2.24) is 4.31 Å². The van der Waals surface area contributed by atoms with Gasteiger partial charge in [-0.3, -0.25) is 0 Å². The van der Waals surface area contributed by atoms with Gasteiger partial charge in [0.05, 0.1) is 4.90 Å². The molecular formula is C15H22N2O2S. The molecule has 110 valence electrons. The van der Waals surface area contributed by atoms with Crippen LogP contribution in [0.2, 0.25) is 0 Å². The molecule has 2 aliphatic rings. The van der Waals surface area contributed by atoms with Gasteiger partial charge in [0, 0.05) is 25.3 Å². The summed E-state index contributed by atoms with van der Waals surface area (Å²) in [6.07, 6.45) is 4.23. The largest absolute Gasteiger partial charge is 0.385 e. The first-order chi connectivity index (χ1) is 9.57. The molecule has 1 unspecified atom stereocenters. The molecular weight excluding hydrogens is 272 g/mol. The number of sulfonamides is 1. The summed E-state index contributed by atoms with van der Waals surface area (Å²) < 4.78 is 27.1. The molecule has 0 spiro atoms. The SMILES string of the molecule is CC1CCCN(S(=O)(=O)c2ccc3c(c2)NCCC3)C1. The maximum absolute atomic E-state index is 12.7. The van der Waals surface area contributed by atoms with Crippen LogP contribution < -0.4 is 5.32 Å². The predicted molar refractivity (Wildman–Crippen MR) is 80.4 cm³/mol. The van der Waals surface area contributed by atoms with Crippen LogP contribution in [0.15, 0.2) is 23.1 Å². The molecule has 0 saturated carbocycles. The maximum atomic E-state index is 12.7. The first-order valence-corrected chi connectivity index (χ1v) is 8.88. The molecule has 0 amide bonds. The van der Waals surface area contributed by atoms with Crippen molar-refractivity contribution >= 4 is 15.7 Å². The molecule has 1 aromatic rings. The van der Waals surface area contributed by atoms with E-state index in [1.54, 1.807) is 10.4 Å². The molecule has 4 nitrogen and oxygen atoms in total. The van der Waals surface area contributed by atoms with Crippen LogP contribution in [0.1, 0.15) is 31.7 Å². The van der Waals surface area contributed by atoms with E-state index < -0.39 is 10.0 Å². The van der Waals surface area contributed by atoms with Crippen molar-refractivity contribution in [3.05, 3.63) is 23.8 Å². The van der Waals surface area contributed by atoms with E-state index in [1.165, 1.54) is 5.56 Å². The Balaban J connectivity index is 1.90. The van der Waals surface area contributed by atoms with Crippen LogP contribution >= 0.6 is 0 Å². The number of benzene rings is 1. The minimum Gasteiger partial charge on any atom is -0.385 e. The van der Waals surface area contributed by atoms with Gasteiger partial charge >= 0.3 is 0 Å². The molecule has 0 aliphatic carbocycles. The average molecular weight is 294 g/mol. The Kier molecular flexibility index (Phi) is 3.73. The number of nitrogens with zero attached hydrogens (tertiary/aromatic N) is 1. The number of hydrogen-bond acceptors (Lipinski definition) is 3. The summed E-state index contributed by atoms with van der Waals surface area (Å²) in [5.41, 5.74) is 2.21. The summed E-state index contributed by atoms with van der Waals surface area (Å²) in [7, 11) is -3.34. The Hall–Kier alpha value is -1.07. The third-order valence-corrected chi connectivity index (χ3v) is 6.14. The standard InChI is InChI=1S/C15H22N2O2S/c1-12-4-3-9-17(11-12)20(18,19)14-7-6-13-5-2-8-16-15(13)10-14/h6-7,10,12,16H,2-5,8-9,11H2,1H3. The van der Waals surface area contributed by atoms with Gasteiger partial charge in [-0.25, -0.2) is 8.42 Å². The highest BCUT2D eigenvalue weighted by molar-refractivity contribution is 7.89. The molecule has 0 bridgehead atoms. The lowest BCUT2D eigenvalue weighted by atomic mass is 10.0. The van der Waals surface area contributed by atoms with Crippen molar-refractivity contribution < 1.29 is 8.42 Å². The number of piperidine rings is 1. The second-order valence-corrected chi connectivity index (χ2v) is 7.90. The smallest absolute Gasteiger partial charge is 0.243 e. The van der Waals surface area contributed by atoms with Crippen LogP contribution in [0.4, 0.5) is 5.69 Å². The van der Waals surface area contributed by atoms with Crippen molar-refractivity contribution in [3.8, 4) is 0 Å². The second kappa shape index (κ2) is 5.37. The van der Waals surface area contributed by atoms with Crippen molar-refractivity contribution in [2.75, 3.05) is 25.0 Å². The van der Waals surface area contributed by atoms with Gasteiger partial charge in [0.2, 0.25) is 10.0 Å². The molecule has 1 fully saturated rings. The summed E-state index contributed by atoms with van der Waals surface area (Å²) in [6.45, 7) is 4.34. The van der Waals surface area contributed by atoms with Gasteiger partial charge in [-0.15, -0.1) is 0 Å². The molecule has 2 heterocycles. The van der Waals surface area contributed by atoms with Crippen LogP contribution in [-0.2, 0) is 16.4 Å². The number of rotatable bonds is 2. The molecule has 20 heavy (non-hydrogen) atoms. The Labute approximate surface area is 121 Å². The first-order valence-electron chi connectivity index (χ1n) is 7.44. The lowest BCUT2D eigenvalue weighted by Crippen LogP contribution is -2.39. The highest BCUT2D eigenvalue weighted by Crippen LogP contribution is 2.28. The zero-order valence-electron chi connectivity index (χ0n) is 11.9. The Bertz CT molecular complexity index is 598. The minimum absolute atomic E-state index is 0.430. The molecule has 1 N–H and O–H groups in total. The van der Waals surface area contributed by atoms with Gasteiger partial charge in [0.25, 0.3) is 0 Å². The normalized spacial score (nSPS) is 23.9. The van der Waals surface area contributed by atoms with Gasteiger partial charge in [-0.1, -0.05) is 13.0 Å². The third kappa shape index (κ3) is 2.56. The number of nitrogens with one attached hydrogen (secondary N) is 1. The van der Waals surface area contributed by atoms with Crippen molar-refractivity contribution in [2.24, 2.45) is 5.92 Å². The summed E-state index contributed by atoms with van der Waals surface area (Å²) in [6, 6.07) is 5.53. The van der Waals surface area contributed by atoms with Crippen LogP contribution in [0.5, 0.6) is 0 Å². The zero-order chi connectivity index (χ0) is 14.2. The Morgan fingerprint density at radius 2 is 2.15 bits per heavy atom. The fraction of sp³-hybridized carbons (Fsp3) is 0.600. The predicted octanol–water partition coefficient (Wildman–Crippen LogP) is 2.47. The third-order valence-electron chi connectivity index (χ3n) is 4.28. The summed E-state index contributed by atoms with van der Waals surface area (Å²) in [4.78, 5) is 0.430. The lowest BCUT2D eigenvalue weighted by molar-refractivity contribution is 0.281. The van der Waals surface area contributed by atoms with Gasteiger partial charge in [0.1, 0.15) is 0 Å². The molecule has 1 aromatic carbocycles. The fourth-order valence-electron chi connectivity index (χ4n) is 3.11. The van der Waals surface area contributed by atoms with E-state index in [0.29, 0.717) is 23.9 Å². The van der Waals surface area contributed by atoms with E-state index in [-0.39, 0.29) is 0 Å². The van der Waals surface area contributed by atoms with E-state index in [1.807, 2.05) is 12.1 Å². The van der Waals surface area contributed by atoms with Gasteiger partial charge in [-0.2, -0.15) is 4.31 Å². The second-order valence-electron chi connectivity index (χ2n) is 5.96. The number of aryl methyl sites for hydroxylation is 1. The van der Waals surface area contributed by atoms with E-state index in [0.717, 1.165) is 37.9 Å². The first kappa shape index (κ1) is 13.9. The Morgan fingerprint density at radius 1 is 1.30 bits per heavy atom. The van der Waals surface area contributed by atoms with Crippen LogP contribution in [0.25, 0.3) is 0 Å². The number of fused-ring (bicyclic) bond motifs is 1. The number of anilines is 1. The Morgan fingerprint density at radius 3 is 2.95 bits per heavy atom. The number of hydrogen-bond donors (Lipinski definition) is 1. The van der Waals surface area contributed by atoms with Gasteiger partial charge in [-0.05, 0) is 49.3 Å². The average Bonchev–Trinajstić information content (AvgIpc) is 2.46. The van der Waals surface area contributed by atoms with E-state index >= 15 is 0 Å². The van der Waals surface area contributed by atoms with Crippen molar-refractivity contribution in [3.63, 3.8) is 0 Å². The van der Waals surface area contributed by atoms with Crippen LogP contribution in [-0.4, -0.2) is 32.4 Å². The summed E-state index contributed by atoms with van der Waals surface area (Å²) in [5.74, 6) is 0.453. The van der Waals surface area contributed by atoms with E-state index in [4.69, 9.17) is 0 Å². The molecule has 1 saturated heterocycles. The molecule has 1 atom stereocenters. The monoisotopic (exact) mass is 294 g/mol. The van der Waals surface area contributed by atoms with E-state index in [2.05, 4.69) is 12.2 Å². The molecule has 0 aromatic heterocycles. The maximum Gasteiger partial charge on any atom is 0.243 e. The quantitative estimate of drug-likeness (QED) is 0.911. The lowest BCUT2D eigenvalue weighted by Gasteiger charge is -2.30. The van der Waals surface area contributed by atoms with Gasteiger partial charge in [0.15, 0.2) is 0 Å². The molecule has 5 heteroatoms. The van der Waals surface area contributed by atoms with Crippen molar-refractivity contribution in [1.29, 1.82) is 0 Å². The molecule has 0 radical (unpaired) electrons. The minimum atomic E-state index is -3.34.